The highest BCUT2D eigenvalue weighted by Gasteiger charge is 2.32. The van der Waals surface area contributed by atoms with Crippen LogP contribution in [0.5, 0.6) is 5.75 Å². The van der Waals surface area contributed by atoms with Crippen molar-refractivity contribution < 1.29 is 14.3 Å². The molecular formula is C17H14O3. The van der Waals surface area contributed by atoms with Gasteiger partial charge in [-0.25, -0.2) is 4.79 Å². The first-order chi connectivity index (χ1) is 9.79. The largest absolute Gasteiger partial charge is 0.496 e. The molecular weight excluding hydrogens is 252 g/mol. The molecule has 2 aromatic carbocycles. The number of ether oxygens (including phenoxy) is 2. The van der Waals surface area contributed by atoms with Crippen molar-refractivity contribution in [2.75, 3.05) is 7.11 Å². The number of hydrogen-bond acceptors (Lipinski definition) is 3. The Kier molecular flexibility index (Phi) is 3.25. The molecule has 0 aromatic heterocycles. The van der Waals surface area contributed by atoms with Gasteiger partial charge in [0.2, 0.25) is 0 Å². The fourth-order valence-corrected chi connectivity index (χ4v) is 2.32. The zero-order valence-corrected chi connectivity index (χ0v) is 11.1. The van der Waals surface area contributed by atoms with Crippen molar-refractivity contribution in [3.63, 3.8) is 0 Å². The molecule has 0 spiro atoms. The van der Waals surface area contributed by atoms with Crippen LogP contribution in [0.2, 0.25) is 0 Å². The predicted octanol–water partition coefficient (Wildman–Crippen LogP) is 3.62. The van der Waals surface area contributed by atoms with E-state index in [1.165, 1.54) is 0 Å². The predicted molar refractivity (Wildman–Crippen MR) is 76.6 cm³/mol. The number of cyclic esters (lactones) is 1. The fraction of sp³-hybridized carbons (Fsp3) is 0.118. The van der Waals surface area contributed by atoms with Crippen LogP contribution in [-0.4, -0.2) is 13.1 Å². The average molecular weight is 266 g/mol. The molecule has 2 aromatic rings. The van der Waals surface area contributed by atoms with Gasteiger partial charge >= 0.3 is 5.97 Å². The SMILES string of the molecule is COc1cccc2c1C(=O)OC2/C=C/c1ccccc1. The molecule has 1 atom stereocenters. The first kappa shape index (κ1) is 12.5. The van der Waals surface area contributed by atoms with Gasteiger partial charge in [-0.1, -0.05) is 48.5 Å². The third kappa shape index (κ3) is 2.18. The van der Waals surface area contributed by atoms with Crippen molar-refractivity contribution >= 4 is 12.0 Å². The molecule has 0 bridgehead atoms. The normalized spacial score (nSPS) is 17.1. The van der Waals surface area contributed by atoms with Gasteiger partial charge in [0.05, 0.1) is 7.11 Å². The van der Waals surface area contributed by atoms with Crippen LogP contribution in [0.4, 0.5) is 0 Å². The van der Waals surface area contributed by atoms with E-state index in [-0.39, 0.29) is 12.1 Å². The molecule has 0 saturated carbocycles. The third-order valence-electron chi connectivity index (χ3n) is 3.29. The highest BCUT2D eigenvalue weighted by Crippen LogP contribution is 2.37. The van der Waals surface area contributed by atoms with Crippen molar-refractivity contribution in [2.24, 2.45) is 0 Å². The summed E-state index contributed by atoms with van der Waals surface area (Å²) >= 11 is 0. The summed E-state index contributed by atoms with van der Waals surface area (Å²) in [6, 6.07) is 15.4. The van der Waals surface area contributed by atoms with Gasteiger partial charge in [0, 0.05) is 5.56 Å². The van der Waals surface area contributed by atoms with E-state index < -0.39 is 0 Å². The van der Waals surface area contributed by atoms with Gasteiger partial charge in [-0.15, -0.1) is 0 Å². The number of hydrogen-bond donors (Lipinski definition) is 0. The number of methoxy groups -OCH3 is 1. The fourth-order valence-electron chi connectivity index (χ4n) is 2.32. The lowest BCUT2D eigenvalue weighted by Gasteiger charge is -2.05. The van der Waals surface area contributed by atoms with Gasteiger partial charge in [-0.3, -0.25) is 0 Å². The molecule has 3 rings (SSSR count). The van der Waals surface area contributed by atoms with E-state index in [1.807, 2.05) is 54.6 Å². The zero-order valence-electron chi connectivity index (χ0n) is 11.1. The standard InChI is InChI=1S/C17H14O3/c1-19-15-9-5-8-13-14(20-17(18)16(13)15)11-10-12-6-3-2-4-7-12/h2-11,14H,1H3/b11-10+. The lowest BCUT2D eigenvalue weighted by Crippen LogP contribution is -1.98. The van der Waals surface area contributed by atoms with Crippen molar-refractivity contribution in [1.29, 1.82) is 0 Å². The average Bonchev–Trinajstić information content (AvgIpc) is 2.83. The summed E-state index contributed by atoms with van der Waals surface area (Å²) in [6.45, 7) is 0. The Morgan fingerprint density at radius 3 is 2.65 bits per heavy atom. The Morgan fingerprint density at radius 2 is 1.90 bits per heavy atom. The van der Waals surface area contributed by atoms with Crippen LogP contribution in [0.1, 0.15) is 27.6 Å². The summed E-state index contributed by atoms with van der Waals surface area (Å²) in [5.41, 5.74) is 2.44. The highest BCUT2D eigenvalue weighted by molar-refractivity contribution is 5.97. The molecule has 1 heterocycles. The van der Waals surface area contributed by atoms with Gasteiger partial charge in [-0.05, 0) is 17.7 Å². The molecule has 0 amide bonds. The Morgan fingerprint density at radius 1 is 1.10 bits per heavy atom. The van der Waals surface area contributed by atoms with Gasteiger partial charge in [0.25, 0.3) is 0 Å². The summed E-state index contributed by atoms with van der Waals surface area (Å²) in [5, 5.41) is 0. The van der Waals surface area contributed by atoms with Gasteiger partial charge in [0.1, 0.15) is 17.4 Å². The first-order valence-electron chi connectivity index (χ1n) is 6.41. The van der Waals surface area contributed by atoms with Gasteiger partial charge in [0.15, 0.2) is 0 Å². The summed E-state index contributed by atoms with van der Waals surface area (Å²) in [5.74, 6) is 0.225. The maximum atomic E-state index is 11.9. The van der Waals surface area contributed by atoms with Gasteiger partial charge < -0.3 is 9.47 Å². The van der Waals surface area contributed by atoms with E-state index in [9.17, 15) is 4.79 Å². The maximum absolute atomic E-state index is 11.9. The Hall–Kier alpha value is -2.55. The van der Waals surface area contributed by atoms with Crippen LogP contribution in [0.3, 0.4) is 0 Å². The number of fused-ring (bicyclic) bond motifs is 1. The Bertz CT molecular complexity index is 659. The van der Waals surface area contributed by atoms with E-state index in [0.717, 1.165) is 11.1 Å². The van der Waals surface area contributed by atoms with Gasteiger partial charge in [-0.2, -0.15) is 0 Å². The van der Waals surface area contributed by atoms with E-state index in [0.29, 0.717) is 11.3 Å². The molecule has 0 aliphatic carbocycles. The lowest BCUT2D eigenvalue weighted by atomic mass is 10.0. The topological polar surface area (TPSA) is 35.5 Å². The van der Waals surface area contributed by atoms with Crippen molar-refractivity contribution in [2.45, 2.75) is 6.10 Å². The maximum Gasteiger partial charge on any atom is 0.343 e. The van der Waals surface area contributed by atoms with Crippen LogP contribution in [0.25, 0.3) is 6.08 Å². The Labute approximate surface area is 117 Å². The number of rotatable bonds is 3. The van der Waals surface area contributed by atoms with Crippen molar-refractivity contribution in [1.82, 2.24) is 0 Å². The molecule has 0 N–H and O–H groups in total. The number of carbonyl (C=O) groups excluding carboxylic acids is 1. The molecule has 1 aliphatic heterocycles. The van der Waals surface area contributed by atoms with Crippen LogP contribution >= 0.6 is 0 Å². The second kappa shape index (κ2) is 5.21. The van der Waals surface area contributed by atoms with E-state index in [4.69, 9.17) is 9.47 Å². The molecule has 3 nitrogen and oxygen atoms in total. The minimum atomic E-state index is -0.354. The number of carbonyl (C=O) groups is 1. The molecule has 0 radical (unpaired) electrons. The molecule has 0 fully saturated rings. The second-order valence-electron chi connectivity index (χ2n) is 4.52. The van der Waals surface area contributed by atoms with Crippen LogP contribution in [-0.2, 0) is 4.74 Å². The molecule has 3 heteroatoms. The molecule has 20 heavy (non-hydrogen) atoms. The van der Waals surface area contributed by atoms with Crippen molar-refractivity contribution in [3.8, 4) is 5.75 Å². The summed E-state index contributed by atoms with van der Waals surface area (Å²) in [6.07, 6.45) is 3.48. The molecule has 100 valence electrons. The number of esters is 1. The van der Waals surface area contributed by atoms with Crippen molar-refractivity contribution in [3.05, 3.63) is 71.3 Å². The Balaban J connectivity index is 1.92. The van der Waals surface area contributed by atoms with E-state index in [2.05, 4.69) is 0 Å². The minimum Gasteiger partial charge on any atom is -0.496 e. The lowest BCUT2D eigenvalue weighted by molar-refractivity contribution is 0.0466. The molecule has 1 aliphatic rings. The second-order valence-corrected chi connectivity index (χ2v) is 4.52. The summed E-state index contributed by atoms with van der Waals surface area (Å²) < 4.78 is 10.6. The van der Waals surface area contributed by atoms with E-state index >= 15 is 0 Å². The quantitative estimate of drug-likeness (QED) is 0.796. The number of benzene rings is 2. The molecule has 0 saturated heterocycles. The first-order valence-corrected chi connectivity index (χ1v) is 6.41. The van der Waals surface area contributed by atoms with E-state index in [1.54, 1.807) is 13.2 Å². The highest BCUT2D eigenvalue weighted by atomic mass is 16.6. The monoisotopic (exact) mass is 266 g/mol. The summed E-state index contributed by atoms with van der Waals surface area (Å²) in [7, 11) is 1.55. The zero-order chi connectivity index (χ0) is 13.9. The smallest absolute Gasteiger partial charge is 0.343 e. The summed E-state index contributed by atoms with van der Waals surface area (Å²) in [4.78, 5) is 11.9. The van der Waals surface area contributed by atoms with Crippen LogP contribution < -0.4 is 4.74 Å². The van der Waals surface area contributed by atoms with Crippen LogP contribution in [0.15, 0.2) is 54.6 Å². The third-order valence-corrected chi connectivity index (χ3v) is 3.29. The molecule has 1 unspecified atom stereocenters. The van der Waals surface area contributed by atoms with Crippen LogP contribution in [0, 0.1) is 0 Å². The minimum absolute atomic E-state index is 0.333.